The topological polar surface area (TPSA) is 66.8 Å². The summed E-state index contributed by atoms with van der Waals surface area (Å²) in [5.41, 5.74) is -0.500. The van der Waals surface area contributed by atoms with Crippen molar-refractivity contribution < 1.29 is 19.4 Å². The van der Waals surface area contributed by atoms with Gasteiger partial charge in [0.25, 0.3) is 0 Å². The van der Waals surface area contributed by atoms with Crippen LogP contribution in [0.5, 0.6) is 0 Å². The monoisotopic (exact) mass is 363 g/mol. The molecule has 5 nitrogen and oxygen atoms in total. The van der Waals surface area contributed by atoms with Gasteiger partial charge in [-0.05, 0) is 17.0 Å². The van der Waals surface area contributed by atoms with Gasteiger partial charge < -0.3 is 14.4 Å². The largest absolute Gasteiger partial charge is 0.461 e. The van der Waals surface area contributed by atoms with Gasteiger partial charge in [-0.25, -0.2) is 0 Å². The summed E-state index contributed by atoms with van der Waals surface area (Å²) in [5.74, 6) is -0.634. The van der Waals surface area contributed by atoms with Gasteiger partial charge in [0.2, 0.25) is 5.91 Å². The molecule has 1 aromatic carbocycles. The van der Waals surface area contributed by atoms with E-state index in [9.17, 15) is 14.7 Å². The fraction of sp³-hybridized carbons (Fsp3) is 0.579. The van der Waals surface area contributed by atoms with Crippen molar-refractivity contribution in [3.05, 3.63) is 35.9 Å². The summed E-state index contributed by atoms with van der Waals surface area (Å²) in [6.45, 7) is 11.2. The van der Waals surface area contributed by atoms with Crippen LogP contribution < -0.4 is 0 Å². The number of β-amino-alcohol motifs (C(OH)–C–C–N with tert-alkyl or cyclic N) is 1. The van der Waals surface area contributed by atoms with E-state index in [2.05, 4.69) is 33.9 Å². The Morgan fingerprint density at radius 1 is 1.28 bits per heavy atom. The lowest BCUT2D eigenvalue weighted by Crippen LogP contribution is -2.75. The Hall–Kier alpha value is -1.66. The molecule has 0 saturated carbocycles. The second kappa shape index (κ2) is 6.92. The van der Waals surface area contributed by atoms with E-state index in [1.807, 2.05) is 34.9 Å². The number of aliphatic hydroxyl groups is 1. The number of amides is 1. The minimum Gasteiger partial charge on any atom is -0.461 e. The molecule has 1 atom stereocenters. The maximum atomic E-state index is 12.5. The summed E-state index contributed by atoms with van der Waals surface area (Å²) in [4.78, 5) is 24.4. The van der Waals surface area contributed by atoms with Crippen molar-refractivity contribution in [3.8, 4) is 0 Å². The van der Waals surface area contributed by atoms with Gasteiger partial charge in [0, 0.05) is 6.42 Å². The minimum absolute atomic E-state index is 0.0264. The smallest absolute Gasteiger partial charge is 0.306 e. The highest BCUT2D eigenvalue weighted by Gasteiger charge is 2.58. The number of esters is 1. The van der Waals surface area contributed by atoms with Crippen LogP contribution in [0.1, 0.15) is 39.2 Å². The third kappa shape index (κ3) is 4.12. The van der Waals surface area contributed by atoms with Crippen LogP contribution in [0.2, 0.25) is 18.1 Å². The summed E-state index contributed by atoms with van der Waals surface area (Å²) in [5, 5.41) is 10.6. The normalized spacial score (nSPS) is 21.0. The van der Waals surface area contributed by atoms with E-state index in [-0.39, 0.29) is 30.4 Å². The maximum absolute atomic E-state index is 12.5. The Morgan fingerprint density at radius 3 is 2.40 bits per heavy atom. The van der Waals surface area contributed by atoms with Crippen LogP contribution in [-0.2, 0) is 20.9 Å². The lowest BCUT2D eigenvalue weighted by molar-refractivity contribution is -0.169. The first kappa shape index (κ1) is 19.7. The number of nitrogens with zero attached hydrogens (tertiary/aromatic N) is 1. The Bertz CT molecular complexity index is 639. The molecule has 1 amide bonds. The van der Waals surface area contributed by atoms with Gasteiger partial charge in [-0.2, -0.15) is 0 Å². The van der Waals surface area contributed by atoms with Crippen molar-refractivity contribution in [2.24, 2.45) is 0 Å². The van der Waals surface area contributed by atoms with E-state index in [1.54, 1.807) is 0 Å². The summed E-state index contributed by atoms with van der Waals surface area (Å²) in [7, 11) is -1.98. The molecule has 0 radical (unpaired) electrons. The molecule has 1 aliphatic rings. The zero-order valence-electron chi connectivity index (χ0n) is 15.8. The van der Waals surface area contributed by atoms with Crippen molar-refractivity contribution in [2.45, 2.75) is 64.0 Å². The number of rotatable bonds is 6. The fourth-order valence-electron chi connectivity index (χ4n) is 2.72. The van der Waals surface area contributed by atoms with Gasteiger partial charge in [-0.15, -0.1) is 0 Å². The van der Waals surface area contributed by atoms with E-state index < -0.39 is 19.8 Å². The number of β-lactam (4-membered cyclic amide) rings is 1. The molecule has 2 rings (SSSR count). The Labute approximate surface area is 151 Å². The highest BCUT2D eigenvalue weighted by atomic mass is 28.3. The number of carbonyl (C=O) groups excluding carboxylic acids is 2. The van der Waals surface area contributed by atoms with Gasteiger partial charge in [0.05, 0.1) is 6.54 Å². The molecule has 1 aromatic rings. The number of hydrogen-bond acceptors (Lipinski definition) is 4. The van der Waals surface area contributed by atoms with Crippen molar-refractivity contribution in [3.63, 3.8) is 0 Å². The number of benzene rings is 1. The summed E-state index contributed by atoms with van der Waals surface area (Å²) >= 11 is 0. The first-order chi connectivity index (χ1) is 11.5. The lowest BCUT2D eigenvalue weighted by Gasteiger charge is -2.56. The first-order valence-electron chi connectivity index (χ1n) is 8.71. The predicted octanol–water partition coefficient (Wildman–Crippen LogP) is 3.09. The van der Waals surface area contributed by atoms with E-state index in [4.69, 9.17) is 4.74 Å². The van der Waals surface area contributed by atoms with Gasteiger partial charge in [0.15, 0.2) is 13.8 Å². The van der Waals surface area contributed by atoms with Crippen molar-refractivity contribution >= 4 is 20.1 Å². The zero-order valence-corrected chi connectivity index (χ0v) is 16.8. The molecule has 6 heteroatoms. The predicted molar refractivity (Wildman–Crippen MR) is 99.3 cm³/mol. The van der Waals surface area contributed by atoms with Crippen LogP contribution >= 0.6 is 0 Å². The molecule has 0 bridgehead atoms. The maximum Gasteiger partial charge on any atom is 0.306 e. The Balaban J connectivity index is 1.83. The molecule has 1 heterocycles. The molecule has 1 fully saturated rings. The molecule has 0 spiro atoms. The average molecular weight is 364 g/mol. The van der Waals surface area contributed by atoms with E-state index in [0.717, 1.165) is 5.56 Å². The number of ether oxygens (including phenoxy) is 1. The van der Waals surface area contributed by atoms with Crippen LogP contribution in [0.25, 0.3) is 0 Å². The van der Waals surface area contributed by atoms with E-state index in [0.29, 0.717) is 6.54 Å². The lowest BCUT2D eigenvalue weighted by atomic mass is 9.90. The van der Waals surface area contributed by atoms with Crippen LogP contribution in [-0.4, -0.2) is 41.9 Å². The first-order valence-corrected chi connectivity index (χ1v) is 11.7. The van der Waals surface area contributed by atoms with Crippen LogP contribution in [0.3, 0.4) is 0 Å². The highest BCUT2D eigenvalue weighted by molar-refractivity contribution is 6.80. The third-order valence-electron chi connectivity index (χ3n) is 5.56. The van der Waals surface area contributed by atoms with Crippen molar-refractivity contribution in [1.29, 1.82) is 0 Å². The molecular formula is C19H29NO4Si. The van der Waals surface area contributed by atoms with Gasteiger partial charge in [-0.1, -0.05) is 64.2 Å². The van der Waals surface area contributed by atoms with Gasteiger partial charge in [0.1, 0.15) is 6.61 Å². The zero-order chi connectivity index (χ0) is 18.9. The van der Waals surface area contributed by atoms with Crippen LogP contribution in [0.4, 0.5) is 0 Å². The quantitative estimate of drug-likeness (QED) is 0.479. The van der Waals surface area contributed by atoms with Crippen molar-refractivity contribution in [1.82, 2.24) is 4.57 Å². The molecule has 25 heavy (non-hydrogen) atoms. The number of carbonyl (C=O) groups is 2. The second-order valence-corrected chi connectivity index (χ2v) is 13.5. The fourth-order valence-corrected chi connectivity index (χ4v) is 4.90. The molecule has 1 unspecified atom stereocenters. The summed E-state index contributed by atoms with van der Waals surface area (Å²) in [6, 6.07) is 9.43. The molecular weight excluding hydrogens is 334 g/mol. The summed E-state index contributed by atoms with van der Waals surface area (Å²) < 4.78 is 7.05. The van der Waals surface area contributed by atoms with Gasteiger partial charge >= 0.3 is 5.97 Å². The molecule has 1 N–H and O–H groups in total. The minimum atomic E-state index is -1.98. The van der Waals surface area contributed by atoms with Crippen LogP contribution in [0, 0.1) is 0 Å². The molecule has 1 aliphatic heterocycles. The average Bonchev–Trinajstić information content (AvgIpc) is 2.55. The second-order valence-electron chi connectivity index (χ2n) is 8.38. The standard InChI is InChI=1S/C19H29NO4Si/c1-18(2,3)25(4,5)20-14-19(23,17(20)22)12-11-16(21)24-13-15-9-7-6-8-10-15/h6-10,23H,11-14H2,1-5H3. The Kier molecular flexibility index (Phi) is 5.44. The Morgan fingerprint density at radius 2 is 1.88 bits per heavy atom. The summed E-state index contributed by atoms with van der Waals surface area (Å²) in [6.07, 6.45) is 0.158. The van der Waals surface area contributed by atoms with Crippen molar-refractivity contribution in [2.75, 3.05) is 6.54 Å². The SMILES string of the molecule is CC(C)(C)[Si](C)(C)N1CC(O)(CCC(=O)OCc2ccccc2)C1=O. The number of hydrogen-bond donors (Lipinski definition) is 1. The van der Waals surface area contributed by atoms with Crippen LogP contribution in [0.15, 0.2) is 30.3 Å². The van der Waals surface area contributed by atoms with E-state index >= 15 is 0 Å². The van der Waals surface area contributed by atoms with Gasteiger partial charge in [-0.3, -0.25) is 9.59 Å². The third-order valence-corrected chi connectivity index (χ3v) is 10.9. The molecule has 1 saturated heterocycles. The highest BCUT2D eigenvalue weighted by Crippen LogP contribution is 2.43. The molecule has 0 aromatic heterocycles. The molecule has 0 aliphatic carbocycles. The molecule has 138 valence electrons. The van der Waals surface area contributed by atoms with E-state index in [1.165, 1.54) is 0 Å².